The molecule has 2 rings (SSSR count). The summed E-state index contributed by atoms with van der Waals surface area (Å²) in [6.45, 7) is -0.840. The molecule has 0 aliphatic carbocycles. The highest BCUT2D eigenvalue weighted by Gasteiger charge is 2.49. The first kappa shape index (κ1) is 22.4. The van der Waals surface area contributed by atoms with Crippen LogP contribution in [0.3, 0.4) is 0 Å². The number of carbonyl (C=O) groups excluding carboxylic acids is 2. The molecule has 2 heterocycles. The molecule has 5 N–H and O–H groups in total. The number of imide groups is 1. The van der Waals surface area contributed by atoms with Gasteiger partial charge in [-0.15, -0.1) is 0 Å². The van der Waals surface area contributed by atoms with Crippen LogP contribution in [0.15, 0.2) is 0 Å². The van der Waals surface area contributed by atoms with E-state index in [-0.39, 0.29) is 6.54 Å². The van der Waals surface area contributed by atoms with Crippen LogP contribution in [0.5, 0.6) is 0 Å². The van der Waals surface area contributed by atoms with Crippen molar-refractivity contribution in [2.24, 2.45) is 0 Å². The van der Waals surface area contributed by atoms with Gasteiger partial charge in [0.1, 0.15) is 18.3 Å². The molecule has 156 valence electrons. The Labute approximate surface area is 153 Å². The monoisotopic (exact) mass is 433 g/mol. The molecule has 0 saturated carbocycles. The number of urea groups is 1. The zero-order valence-corrected chi connectivity index (χ0v) is 15.0. The molecule has 27 heavy (non-hydrogen) atoms. The maximum Gasteiger partial charge on any atom is 0.474 e. The molecule has 17 heteroatoms. The van der Waals surface area contributed by atoms with Crippen LogP contribution in [0.2, 0.25) is 0 Å². The number of hydrogen-bond donors (Lipinski definition) is 5. The number of rotatable bonds is 7. The lowest BCUT2D eigenvalue weighted by Gasteiger charge is -2.35. The zero-order valence-electron chi connectivity index (χ0n) is 13.2. The molecule has 2 saturated heterocycles. The number of nitrogens with one attached hydrogen (secondary N) is 1. The van der Waals surface area contributed by atoms with Gasteiger partial charge in [-0.2, -0.15) is 0 Å². The molecule has 14 nitrogen and oxygen atoms in total. The van der Waals surface area contributed by atoms with Gasteiger partial charge < -0.3 is 38.6 Å². The van der Waals surface area contributed by atoms with E-state index in [2.05, 4.69) is 4.31 Å². The van der Waals surface area contributed by atoms with Crippen LogP contribution in [0.25, 0.3) is 0 Å². The van der Waals surface area contributed by atoms with Gasteiger partial charge in [0.05, 0.1) is 20.7 Å². The Morgan fingerprint density at radius 3 is 2.48 bits per heavy atom. The summed E-state index contributed by atoms with van der Waals surface area (Å²) in [6.07, 6.45) is -6.76. The second-order valence-corrected chi connectivity index (χ2v) is 7.65. The predicted molar refractivity (Wildman–Crippen MR) is 88.3 cm³/mol. The van der Waals surface area contributed by atoms with Crippen molar-refractivity contribution in [1.82, 2.24) is 10.2 Å². The standard InChI is InChI=1S/C10H20BN2O12P2/c1-22-4-2-13(10(17)12-8(4)16)9-7(15)6(14)5(24-9)3-23-26(11,18)25-27(19,20)21/h4-7,9,14-15H,2-3H2,1,11H3,(H,12,16,17)(H2,19,20,21)/q-1/t4?,5-,6+,7+,9?,26-/m1/s1. The van der Waals surface area contributed by atoms with Gasteiger partial charge in [-0.25, -0.2) is 13.7 Å². The molecule has 0 aromatic carbocycles. The topological polar surface area (TPSA) is 201 Å². The van der Waals surface area contributed by atoms with Crippen LogP contribution in [-0.4, -0.2) is 95.3 Å². The number of amides is 3. The first-order valence-electron chi connectivity index (χ1n) is 7.04. The molecule has 0 bridgehead atoms. The third kappa shape index (κ3) is 5.58. The van der Waals surface area contributed by atoms with E-state index in [1.54, 1.807) is 0 Å². The van der Waals surface area contributed by atoms with E-state index in [0.29, 0.717) is 0 Å². The number of hydrogen-bond acceptors (Lipinski definition) is 10. The zero-order chi connectivity index (χ0) is 20.6. The largest absolute Gasteiger partial charge is 0.474 e. The Morgan fingerprint density at radius 1 is 1.30 bits per heavy atom. The second kappa shape index (κ2) is 8.25. The number of carbonyl (C=O) groups is 2. The molecule has 2 fully saturated rings. The van der Waals surface area contributed by atoms with Crippen LogP contribution in [-0.2, 0) is 32.2 Å². The summed E-state index contributed by atoms with van der Waals surface area (Å²) in [7, 11) is -9.01. The van der Waals surface area contributed by atoms with E-state index in [1.165, 1.54) is 7.11 Å². The number of ether oxygens (including phenoxy) is 2. The van der Waals surface area contributed by atoms with E-state index in [4.69, 9.17) is 23.8 Å². The SMILES string of the molecule is [BH3-][P@@](=O)(OC[C@H]1OC(N2CC(OC)C(=O)NC2=O)[C@@H](O)[C@H]1O)OP(=O)(O)O. The van der Waals surface area contributed by atoms with Gasteiger partial charge >= 0.3 is 13.9 Å². The highest BCUT2D eigenvalue weighted by Crippen LogP contribution is 2.57. The predicted octanol–water partition coefficient (Wildman–Crippen LogP) is -3.40. The lowest BCUT2D eigenvalue weighted by molar-refractivity contribution is -0.140. The second-order valence-electron chi connectivity index (χ2n) is 5.31. The van der Waals surface area contributed by atoms with Crippen LogP contribution in [0.4, 0.5) is 4.79 Å². The van der Waals surface area contributed by atoms with Gasteiger partial charge in [0.15, 0.2) is 19.8 Å². The fraction of sp³-hybridized carbons (Fsp3) is 0.800. The summed E-state index contributed by atoms with van der Waals surface area (Å²) in [5.74, 6) is -0.665. The van der Waals surface area contributed by atoms with Crippen LogP contribution >= 0.6 is 15.3 Å². The summed E-state index contributed by atoms with van der Waals surface area (Å²) in [5.41, 5.74) is 0. The van der Waals surface area contributed by atoms with Crippen molar-refractivity contribution >= 4 is 34.8 Å². The molecule has 0 aromatic heterocycles. The Balaban J connectivity index is 2.03. The fourth-order valence-electron chi connectivity index (χ4n) is 2.37. The van der Waals surface area contributed by atoms with Crippen LogP contribution in [0.1, 0.15) is 0 Å². The number of methoxy groups -OCH3 is 1. The summed E-state index contributed by atoms with van der Waals surface area (Å²) in [4.78, 5) is 41.9. The molecule has 2 aliphatic rings. The molecule has 2 unspecified atom stereocenters. The van der Waals surface area contributed by atoms with Crippen LogP contribution in [0, 0.1) is 0 Å². The molecule has 0 aromatic rings. The number of aliphatic hydroxyl groups excluding tert-OH is 2. The van der Waals surface area contributed by atoms with Crippen molar-refractivity contribution in [3.05, 3.63) is 0 Å². The summed E-state index contributed by atoms with van der Waals surface area (Å²) in [6, 6.07) is -0.865. The smallest absolute Gasteiger partial charge is 0.387 e. The number of phosphoric acid groups is 1. The van der Waals surface area contributed by atoms with Gasteiger partial charge in [-0.1, -0.05) is 0 Å². The molecular formula is C10H20BN2O12P2-. The van der Waals surface area contributed by atoms with Crippen molar-refractivity contribution < 1.29 is 57.0 Å². The Kier molecular flexibility index (Phi) is 6.86. The highest BCUT2D eigenvalue weighted by molar-refractivity contribution is 7.83. The molecular weight excluding hydrogens is 413 g/mol. The Morgan fingerprint density at radius 2 is 1.93 bits per heavy atom. The van der Waals surface area contributed by atoms with E-state index >= 15 is 0 Å². The molecule has 2 aliphatic heterocycles. The normalized spacial score (nSPS) is 34.4. The minimum Gasteiger partial charge on any atom is -0.387 e. The lowest BCUT2D eigenvalue weighted by atomic mass is 10.1. The van der Waals surface area contributed by atoms with E-state index in [1.807, 2.05) is 5.32 Å². The van der Waals surface area contributed by atoms with Crippen LogP contribution < -0.4 is 5.32 Å². The molecule has 3 amide bonds. The first-order chi connectivity index (χ1) is 12.3. The number of aliphatic hydroxyl groups is 2. The third-order valence-electron chi connectivity index (χ3n) is 3.59. The van der Waals surface area contributed by atoms with Crippen molar-refractivity contribution in [2.75, 3.05) is 20.3 Å². The van der Waals surface area contributed by atoms with Gasteiger partial charge in [-0.3, -0.25) is 15.0 Å². The van der Waals surface area contributed by atoms with Gasteiger partial charge in [0.25, 0.3) is 5.91 Å². The summed E-state index contributed by atoms with van der Waals surface area (Å²) >= 11 is 0. The molecule has 0 radical (unpaired) electrons. The van der Waals surface area contributed by atoms with Gasteiger partial charge in [-0.05, 0) is 0 Å². The van der Waals surface area contributed by atoms with Crippen molar-refractivity contribution in [2.45, 2.75) is 30.6 Å². The minimum atomic E-state index is -5.02. The quantitative estimate of drug-likeness (QED) is 0.197. The minimum absolute atomic E-state index is 0.241. The van der Waals surface area contributed by atoms with Gasteiger partial charge in [0.2, 0.25) is 0 Å². The third-order valence-corrected chi connectivity index (χ3v) is 5.34. The van der Waals surface area contributed by atoms with Gasteiger partial charge in [0, 0.05) is 7.11 Å². The Hall–Kier alpha value is -0.855. The first-order valence-corrected chi connectivity index (χ1v) is 9.67. The summed E-state index contributed by atoms with van der Waals surface area (Å²) < 4.78 is 42.1. The maximum absolute atomic E-state index is 12.0. The van der Waals surface area contributed by atoms with E-state index in [0.717, 1.165) is 4.90 Å². The van der Waals surface area contributed by atoms with Crippen molar-refractivity contribution in [3.8, 4) is 0 Å². The lowest BCUT2D eigenvalue weighted by Crippen LogP contribution is -2.62. The molecule has 6 atom stereocenters. The Bertz CT molecular complexity index is 687. The van der Waals surface area contributed by atoms with E-state index < -0.39 is 72.1 Å². The van der Waals surface area contributed by atoms with Crippen molar-refractivity contribution in [1.29, 1.82) is 0 Å². The number of nitrogens with zero attached hydrogens (tertiary/aromatic N) is 1. The maximum atomic E-state index is 12.0. The average Bonchev–Trinajstić information content (AvgIpc) is 2.79. The fourth-order valence-corrected chi connectivity index (χ4v) is 3.52. The molecule has 0 spiro atoms. The summed E-state index contributed by atoms with van der Waals surface area (Å²) in [5, 5.41) is 22.2. The van der Waals surface area contributed by atoms with Crippen molar-refractivity contribution in [3.63, 3.8) is 0 Å². The average molecular weight is 433 g/mol. The highest BCUT2D eigenvalue weighted by atomic mass is 31.3. The van der Waals surface area contributed by atoms with E-state index in [9.17, 15) is 28.9 Å².